The number of allylic oxidation sites excluding steroid dienone is 2. The van der Waals surface area contributed by atoms with E-state index < -0.39 is 0 Å². The van der Waals surface area contributed by atoms with E-state index in [0.29, 0.717) is 0 Å². The van der Waals surface area contributed by atoms with Gasteiger partial charge in [0.1, 0.15) is 0 Å². The Kier molecular flexibility index (Phi) is 4.21. The molecule has 0 fully saturated rings. The zero-order valence-corrected chi connectivity index (χ0v) is 10.3. The Bertz CT molecular complexity index is 334. The van der Waals surface area contributed by atoms with Crippen LogP contribution >= 0.6 is 0 Å². The minimum absolute atomic E-state index is 0.836. The van der Waals surface area contributed by atoms with E-state index in [2.05, 4.69) is 43.3 Å². The molecule has 1 aliphatic carbocycles. The molecule has 0 radical (unpaired) electrons. The lowest BCUT2D eigenvalue weighted by molar-refractivity contribution is 0.503. The van der Waals surface area contributed by atoms with Gasteiger partial charge in [-0.05, 0) is 50.5 Å². The van der Waals surface area contributed by atoms with Crippen molar-refractivity contribution in [3.05, 3.63) is 47.5 Å². The number of hydrogen-bond acceptors (Lipinski definition) is 0. The second-order valence-electron chi connectivity index (χ2n) is 4.95. The summed E-state index contributed by atoms with van der Waals surface area (Å²) in [6.45, 7) is 2.32. The fourth-order valence-electron chi connectivity index (χ4n) is 2.62. The molecule has 1 atom stereocenters. The lowest BCUT2D eigenvalue weighted by Crippen LogP contribution is -2.03. The van der Waals surface area contributed by atoms with Crippen LogP contribution in [0.5, 0.6) is 0 Å². The fourth-order valence-corrected chi connectivity index (χ4v) is 2.62. The Morgan fingerprint density at radius 1 is 1.12 bits per heavy atom. The predicted molar refractivity (Wildman–Crippen MR) is 70.5 cm³/mol. The molecule has 0 saturated carbocycles. The molecule has 1 aliphatic rings. The normalized spacial score (nSPS) is 21.3. The van der Waals surface area contributed by atoms with Crippen LogP contribution in [0.15, 0.2) is 42.0 Å². The summed E-state index contributed by atoms with van der Waals surface area (Å²) in [6, 6.07) is 10.9. The maximum Gasteiger partial charge on any atom is -0.0203 e. The van der Waals surface area contributed by atoms with Crippen molar-refractivity contribution in [3.63, 3.8) is 0 Å². The van der Waals surface area contributed by atoms with E-state index in [1.165, 1.54) is 44.1 Å². The molecule has 0 spiro atoms. The third kappa shape index (κ3) is 3.23. The zero-order chi connectivity index (χ0) is 11.2. The first-order valence-corrected chi connectivity index (χ1v) is 6.57. The van der Waals surface area contributed by atoms with Gasteiger partial charge >= 0.3 is 0 Å². The van der Waals surface area contributed by atoms with Crippen LogP contribution in [-0.2, 0) is 6.42 Å². The van der Waals surface area contributed by atoms with E-state index in [9.17, 15) is 0 Å². The molecule has 16 heavy (non-hydrogen) atoms. The summed E-state index contributed by atoms with van der Waals surface area (Å²) in [4.78, 5) is 0. The summed E-state index contributed by atoms with van der Waals surface area (Å²) < 4.78 is 0. The molecule has 1 aromatic rings. The maximum absolute atomic E-state index is 2.46. The monoisotopic (exact) mass is 214 g/mol. The number of hydrogen-bond donors (Lipinski definition) is 0. The van der Waals surface area contributed by atoms with Crippen molar-refractivity contribution in [1.29, 1.82) is 0 Å². The maximum atomic E-state index is 2.46. The van der Waals surface area contributed by atoms with Crippen molar-refractivity contribution < 1.29 is 0 Å². The van der Waals surface area contributed by atoms with Crippen LogP contribution in [-0.4, -0.2) is 0 Å². The highest BCUT2D eigenvalue weighted by molar-refractivity contribution is 5.15. The first kappa shape index (κ1) is 11.4. The topological polar surface area (TPSA) is 0 Å². The van der Waals surface area contributed by atoms with Crippen molar-refractivity contribution in [3.8, 4) is 0 Å². The first-order valence-electron chi connectivity index (χ1n) is 6.57. The molecule has 0 unspecified atom stereocenters. The highest BCUT2D eigenvalue weighted by Gasteiger charge is 2.12. The Labute approximate surface area is 99.4 Å². The van der Waals surface area contributed by atoms with Crippen molar-refractivity contribution >= 4 is 0 Å². The molecular formula is C16H22. The van der Waals surface area contributed by atoms with E-state index in [1.807, 2.05) is 0 Å². The summed E-state index contributed by atoms with van der Waals surface area (Å²) in [5.74, 6) is 0.836. The average molecular weight is 214 g/mol. The van der Waals surface area contributed by atoms with Crippen molar-refractivity contribution in [1.82, 2.24) is 0 Å². The number of benzene rings is 1. The Balaban J connectivity index is 1.89. The summed E-state index contributed by atoms with van der Waals surface area (Å²) in [6.07, 6.45) is 10.5. The van der Waals surface area contributed by atoms with Crippen LogP contribution in [0, 0.1) is 5.92 Å². The molecule has 2 rings (SSSR count). The molecule has 0 bridgehead atoms. The van der Waals surface area contributed by atoms with Gasteiger partial charge in [-0.25, -0.2) is 0 Å². The van der Waals surface area contributed by atoms with Gasteiger partial charge in [-0.15, -0.1) is 0 Å². The summed E-state index contributed by atoms with van der Waals surface area (Å²) >= 11 is 0. The molecule has 86 valence electrons. The van der Waals surface area contributed by atoms with E-state index in [-0.39, 0.29) is 0 Å². The Morgan fingerprint density at radius 2 is 1.94 bits per heavy atom. The summed E-state index contributed by atoms with van der Waals surface area (Å²) in [5.41, 5.74) is 3.12. The van der Waals surface area contributed by atoms with E-state index in [1.54, 1.807) is 5.57 Å². The molecule has 1 aromatic carbocycles. The van der Waals surface area contributed by atoms with Gasteiger partial charge in [0, 0.05) is 0 Å². The zero-order valence-electron chi connectivity index (χ0n) is 10.3. The van der Waals surface area contributed by atoms with Gasteiger partial charge in [0.2, 0.25) is 0 Å². The molecule has 0 nitrogen and oxygen atoms in total. The standard InChI is InChI=1S/C16H22/c1-14-8-4-2-7-11-16(14)13-12-15-9-5-3-6-10-15/h3,5-6,8-10,16H,2,4,7,11-13H2,1H3/t16-/m0/s1. The van der Waals surface area contributed by atoms with E-state index >= 15 is 0 Å². The van der Waals surface area contributed by atoms with Crippen LogP contribution < -0.4 is 0 Å². The van der Waals surface area contributed by atoms with Crippen molar-refractivity contribution in [2.75, 3.05) is 0 Å². The summed E-state index contributed by atoms with van der Waals surface area (Å²) in [5, 5.41) is 0. The number of rotatable bonds is 3. The molecule has 0 heteroatoms. The first-order chi connectivity index (χ1) is 7.86. The molecule has 0 heterocycles. The van der Waals surface area contributed by atoms with Gasteiger partial charge in [0.15, 0.2) is 0 Å². The quantitative estimate of drug-likeness (QED) is 0.637. The van der Waals surface area contributed by atoms with E-state index in [0.717, 1.165) is 5.92 Å². The SMILES string of the molecule is CC1=CCCCC[C@H]1CCc1ccccc1. The average Bonchev–Trinajstić information content (AvgIpc) is 2.53. The minimum Gasteiger partial charge on any atom is -0.0853 e. The van der Waals surface area contributed by atoms with Gasteiger partial charge < -0.3 is 0 Å². The van der Waals surface area contributed by atoms with Crippen LogP contribution in [0.1, 0.15) is 44.6 Å². The predicted octanol–water partition coefficient (Wildman–Crippen LogP) is 4.76. The molecule has 0 amide bonds. The van der Waals surface area contributed by atoms with Crippen LogP contribution in [0.25, 0.3) is 0 Å². The second-order valence-corrected chi connectivity index (χ2v) is 4.95. The van der Waals surface area contributed by atoms with Crippen molar-refractivity contribution in [2.24, 2.45) is 5.92 Å². The third-order valence-electron chi connectivity index (χ3n) is 3.74. The third-order valence-corrected chi connectivity index (χ3v) is 3.74. The molecule has 0 saturated heterocycles. The van der Waals surface area contributed by atoms with Gasteiger partial charge in [-0.1, -0.05) is 48.4 Å². The van der Waals surface area contributed by atoms with Crippen LogP contribution in [0.3, 0.4) is 0 Å². The smallest absolute Gasteiger partial charge is 0.0203 e. The fraction of sp³-hybridized carbons (Fsp3) is 0.500. The van der Waals surface area contributed by atoms with Gasteiger partial charge in [0.05, 0.1) is 0 Å². The highest BCUT2D eigenvalue weighted by Crippen LogP contribution is 2.27. The van der Waals surface area contributed by atoms with Gasteiger partial charge in [0.25, 0.3) is 0 Å². The largest absolute Gasteiger partial charge is 0.0853 e. The lowest BCUT2D eigenvalue weighted by Gasteiger charge is -2.15. The Hall–Kier alpha value is -1.04. The lowest BCUT2D eigenvalue weighted by atomic mass is 9.90. The Morgan fingerprint density at radius 3 is 2.75 bits per heavy atom. The highest BCUT2D eigenvalue weighted by atomic mass is 14.2. The number of aryl methyl sites for hydroxylation is 1. The van der Waals surface area contributed by atoms with Gasteiger partial charge in [-0.2, -0.15) is 0 Å². The van der Waals surface area contributed by atoms with E-state index in [4.69, 9.17) is 0 Å². The molecular weight excluding hydrogens is 192 g/mol. The van der Waals surface area contributed by atoms with Crippen molar-refractivity contribution in [2.45, 2.75) is 45.4 Å². The molecule has 0 aliphatic heterocycles. The van der Waals surface area contributed by atoms with Crippen LogP contribution in [0.2, 0.25) is 0 Å². The van der Waals surface area contributed by atoms with Crippen LogP contribution in [0.4, 0.5) is 0 Å². The molecule has 0 aromatic heterocycles. The minimum atomic E-state index is 0.836. The molecule has 0 N–H and O–H groups in total. The van der Waals surface area contributed by atoms with Gasteiger partial charge in [-0.3, -0.25) is 0 Å². The second kappa shape index (κ2) is 5.89. The summed E-state index contributed by atoms with van der Waals surface area (Å²) in [7, 11) is 0.